The van der Waals surface area contributed by atoms with Crippen LogP contribution >= 0.6 is 0 Å². The fraction of sp³-hybridized carbons (Fsp3) is 0.462. The Morgan fingerprint density at radius 3 is 2.43 bits per heavy atom. The summed E-state index contributed by atoms with van der Waals surface area (Å²) in [5.74, 6) is 0. The van der Waals surface area contributed by atoms with Gasteiger partial charge in [0.1, 0.15) is 0 Å². The van der Waals surface area contributed by atoms with Crippen molar-refractivity contribution in [3.8, 4) is 0 Å². The quantitative estimate of drug-likeness (QED) is 0.705. The summed E-state index contributed by atoms with van der Waals surface area (Å²) in [5.41, 5.74) is 1.35. The van der Waals surface area contributed by atoms with Gasteiger partial charge in [0.15, 0.2) is 0 Å². The minimum Gasteiger partial charge on any atom is -0.303 e. The van der Waals surface area contributed by atoms with Crippen LogP contribution in [-0.2, 0) is 0 Å². The molecule has 1 radical (unpaired) electrons. The zero-order valence-corrected chi connectivity index (χ0v) is 8.65. The largest absolute Gasteiger partial charge is 0.303 e. The lowest BCUT2D eigenvalue weighted by Crippen LogP contribution is -2.30. The van der Waals surface area contributed by atoms with Crippen molar-refractivity contribution in [2.24, 2.45) is 0 Å². The fourth-order valence-electron chi connectivity index (χ4n) is 1.97. The smallest absolute Gasteiger partial charge is 0.00566 e. The van der Waals surface area contributed by atoms with Gasteiger partial charge in [0, 0.05) is 13.0 Å². The molecule has 0 aliphatic carbocycles. The van der Waals surface area contributed by atoms with Crippen LogP contribution in [0.3, 0.4) is 0 Å². The molecule has 0 atom stereocenters. The first kappa shape index (κ1) is 9.72. The third-order valence-electron chi connectivity index (χ3n) is 2.83. The normalized spacial score (nSPS) is 18.3. The van der Waals surface area contributed by atoms with Gasteiger partial charge in [0.05, 0.1) is 0 Å². The zero-order valence-electron chi connectivity index (χ0n) is 8.65. The van der Waals surface area contributed by atoms with E-state index in [1.54, 1.807) is 0 Å². The molecule has 0 amide bonds. The van der Waals surface area contributed by atoms with E-state index in [9.17, 15) is 0 Å². The standard InChI is InChI=1S/C13H18N/c1-3-7-13(8-4-1)9-12-14-10-5-2-6-11-14/h1,3-4,7-9H,2,5-6,10-12H2. The maximum Gasteiger partial charge on any atom is 0.00566 e. The highest BCUT2D eigenvalue weighted by Gasteiger charge is 2.09. The lowest BCUT2D eigenvalue weighted by Gasteiger charge is -2.26. The zero-order chi connectivity index (χ0) is 9.64. The molecule has 0 N–H and O–H groups in total. The van der Waals surface area contributed by atoms with Gasteiger partial charge in [0.25, 0.3) is 0 Å². The summed E-state index contributed by atoms with van der Waals surface area (Å²) in [6.45, 7) is 3.68. The summed E-state index contributed by atoms with van der Waals surface area (Å²) in [4.78, 5) is 2.54. The maximum absolute atomic E-state index is 2.54. The van der Waals surface area contributed by atoms with Crippen molar-refractivity contribution in [1.82, 2.24) is 4.90 Å². The minimum absolute atomic E-state index is 1.12. The lowest BCUT2D eigenvalue weighted by molar-refractivity contribution is 0.246. The fourth-order valence-corrected chi connectivity index (χ4v) is 1.97. The van der Waals surface area contributed by atoms with E-state index in [4.69, 9.17) is 0 Å². The molecule has 1 heteroatoms. The van der Waals surface area contributed by atoms with Gasteiger partial charge in [-0.25, -0.2) is 0 Å². The Hall–Kier alpha value is -0.820. The monoisotopic (exact) mass is 188 g/mol. The van der Waals surface area contributed by atoms with Crippen molar-refractivity contribution < 1.29 is 0 Å². The molecule has 1 nitrogen and oxygen atoms in total. The van der Waals surface area contributed by atoms with Crippen molar-refractivity contribution in [3.05, 3.63) is 42.3 Å². The molecule has 0 aromatic heterocycles. The van der Waals surface area contributed by atoms with E-state index < -0.39 is 0 Å². The predicted octanol–water partition coefficient (Wildman–Crippen LogP) is 2.72. The van der Waals surface area contributed by atoms with Gasteiger partial charge in [-0.3, -0.25) is 0 Å². The van der Waals surface area contributed by atoms with Gasteiger partial charge >= 0.3 is 0 Å². The number of hydrogen-bond donors (Lipinski definition) is 0. The van der Waals surface area contributed by atoms with Crippen LogP contribution in [0.25, 0.3) is 0 Å². The SMILES string of the molecule is [CH](CN1CCCCC1)c1ccccc1. The molecule has 0 bridgehead atoms. The third kappa shape index (κ3) is 2.85. The topological polar surface area (TPSA) is 3.24 Å². The van der Waals surface area contributed by atoms with Crippen molar-refractivity contribution in [2.45, 2.75) is 19.3 Å². The summed E-state index contributed by atoms with van der Waals surface area (Å²) in [6, 6.07) is 10.6. The van der Waals surface area contributed by atoms with Crippen LogP contribution in [0.15, 0.2) is 30.3 Å². The highest BCUT2D eigenvalue weighted by Crippen LogP contribution is 2.10. The molecule has 0 spiro atoms. The number of likely N-dealkylation sites (tertiary alicyclic amines) is 1. The molecule has 1 aliphatic rings. The molecule has 1 aromatic carbocycles. The van der Waals surface area contributed by atoms with Gasteiger partial charge < -0.3 is 4.90 Å². The number of rotatable bonds is 3. The number of benzene rings is 1. The molecule has 75 valence electrons. The minimum atomic E-state index is 1.12. The highest BCUT2D eigenvalue weighted by atomic mass is 15.1. The summed E-state index contributed by atoms with van der Waals surface area (Å²) in [5, 5.41) is 0. The van der Waals surface area contributed by atoms with Gasteiger partial charge in [-0.1, -0.05) is 36.8 Å². The number of nitrogens with zero attached hydrogens (tertiary/aromatic N) is 1. The Balaban J connectivity index is 1.76. The molecule has 1 saturated heterocycles. The molecule has 0 unspecified atom stereocenters. The molecule has 14 heavy (non-hydrogen) atoms. The van der Waals surface area contributed by atoms with Crippen LogP contribution in [0.1, 0.15) is 24.8 Å². The number of piperidine rings is 1. The molecule has 1 fully saturated rings. The average molecular weight is 188 g/mol. The van der Waals surface area contributed by atoms with Gasteiger partial charge in [-0.05, 0) is 31.5 Å². The van der Waals surface area contributed by atoms with Crippen LogP contribution in [0.5, 0.6) is 0 Å². The molecule has 0 saturated carbocycles. The molecular formula is C13H18N. The van der Waals surface area contributed by atoms with E-state index in [2.05, 4.69) is 41.7 Å². The molecule has 1 aliphatic heterocycles. The second-order valence-corrected chi connectivity index (χ2v) is 3.98. The first-order valence-corrected chi connectivity index (χ1v) is 5.56. The van der Waals surface area contributed by atoms with Crippen molar-refractivity contribution >= 4 is 0 Å². The molecule has 1 heterocycles. The van der Waals surface area contributed by atoms with Crippen LogP contribution in [0, 0.1) is 6.42 Å². The van der Waals surface area contributed by atoms with Crippen LogP contribution in [0.4, 0.5) is 0 Å². The Labute approximate surface area is 86.7 Å². The van der Waals surface area contributed by atoms with Crippen molar-refractivity contribution in [3.63, 3.8) is 0 Å². The summed E-state index contributed by atoms with van der Waals surface area (Å²) in [7, 11) is 0. The Kier molecular flexibility index (Phi) is 3.58. The Morgan fingerprint density at radius 1 is 1.00 bits per heavy atom. The average Bonchev–Trinajstić information content (AvgIpc) is 2.29. The van der Waals surface area contributed by atoms with Gasteiger partial charge in [-0.15, -0.1) is 0 Å². The van der Waals surface area contributed by atoms with Crippen molar-refractivity contribution in [2.75, 3.05) is 19.6 Å². The molecule has 1 aromatic rings. The summed E-state index contributed by atoms with van der Waals surface area (Å²) in [6.07, 6.45) is 6.50. The van der Waals surface area contributed by atoms with E-state index in [1.807, 2.05) is 0 Å². The van der Waals surface area contributed by atoms with Gasteiger partial charge in [0.2, 0.25) is 0 Å². The van der Waals surface area contributed by atoms with Crippen LogP contribution < -0.4 is 0 Å². The van der Waals surface area contributed by atoms with E-state index in [0.717, 1.165) is 6.54 Å². The number of hydrogen-bond acceptors (Lipinski definition) is 1. The predicted molar refractivity (Wildman–Crippen MR) is 60.1 cm³/mol. The Morgan fingerprint density at radius 2 is 1.71 bits per heavy atom. The second-order valence-electron chi connectivity index (χ2n) is 3.98. The summed E-state index contributed by atoms with van der Waals surface area (Å²) < 4.78 is 0. The molecular weight excluding hydrogens is 170 g/mol. The highest BCUT2D eigenvalue weighted by molar-refractivity contribution is 5.22. The van der Waals surface area contributed by atoms with E-state index in [-0.39, 0.29) is 0 Å². The summed E-state index contributed by atoms with van der Waals surface area (Å²) >= 11 is 0. The Bertz CT molecular complexity index is 249. The van der Waals surface area contributed by atoms with Crippen LogP contribution in [0.2, 0.25) is 0 Å². The second kappa shape index (κ2) is 5.16. The van der Waals surface area contributed by atoms with Gasteiger partial charge in [-0.2, -0.15) is 0 Å². The lowest BCUT2D eigenvalue weighted by atomic mass is 10.1. The first-order valence-electron chi connectivity index (χ1n) is 5.56. The van der Waals surface area contributed by atoms with Crippen LogP contribution in [-0.4, -0.2) is 24.5 Å². The van der Waals surface area contributed by atoms with E-state index in [0.29, 0.717) is 0 Å². The van der Waals surface area contributed by atoms with Crippen molar-refractivity contribution in [1.29, 1.82) is 0 Å². The maximum atomic E-state index is 2.54. The first-order chi connectivity index (χ1) is 6.95. The molecule has 2 rings (SSSR count). The van der Waals surface area contributed by atoms with E-state index in [1.165, 1.54) is 37.9 Å². The third-order valence-corrected chi connectivity index (χ3v) is 2.83. The van der Waals surface area contributed by atoms with E-state index >= 15 is 0 Å².